The van der Waals surface area contributed by atoms with E-state index >= 15 is 0 Å². The molecule has 0 saturated heterocycles. The van der Waals surface area contributed by atoms with Crippen LogP contribution in [0.1, 0.15) is 18.1 Å². The Morgan fingerprint density at radius 3 is 2.19 bits per heavy atom. The van der Waals surface area contributed by atoms with E-state index in [4.69, 9.17) is 5.73 Å². The van der Waals surface area contributed by atoms with Crippen molar-refractivity contribution in [1.29, 1.82) is 0 Å². The quantitative estimate of drug-likeness (QED) is 0.779. The van der Waals surface area contributed by atoms with Gasteiger partial charge in [-0.3, -0.25) is 4.79 Å². The summed E-state index contributed by atoms with van der Waals surface area (Å²) in [7, 11) is 0. The number of rotatable bonds is 3. The van der Waals surface area contributed by atoms with Crippen molar-refractivity contribution in [2.45, 2.75) is 12.3 Å². The van der Waals surface area contributed by atoms with E-state index in [9.17, 15) is 4.79 Å². The average Bonchev–Trinajstić information content (AvgIpc) is 2.54. The zero-order chi connectivity index (χ0) is 14.9. The number of hydrogen-bond acceptors (Lipinski definition) is 1. The lowest BCUT2D eigenvalue weighted by atomic mass is 9.74. The summed E-state index contributed by atoms with van der Waals surface area (Å²) < 4.78 is 0. The molecule has 1 atom stereocenters. The van der Waals surface area contributed by atoms with Crippen LogP contribution in [-0.2, 0) is 10.2 Å². The average molecular weight is 275 g/mol. The fourth-order valence-electron chi connectivity index (χ4n) is 2.86. The Bertz CT molecular complexity index is 790. The first-order chi connectivity index (χ1) is 10.1. The summed E-state index contributed by atoms with van der Waals surface area (Å²) in [4.78, 5) is 12.3. The van der Waals surface area contributed by atoms with Gasteiger partial charge in [0.15, 0.2) is 0 Å². The number of carbonyl (C=O) groups is 1. The maximum atomic E-state index is 12.3. The number of benzene rings is 3. The number of carbonyl (C=O) groups excluding carboxylic acids is 1. The molecule has 0 fully saturated rings. The van der Waals surface area contributed by atoms with E-state index in [0.29, 0.717) is 0 Å². The largest absolute Gasteiger partial charge is 0.369 e. The van der Waals surface area contributed by atoms with Gasteiger partial charge in [-0.1, -0.05) is 72.8 Å². The molecule has 2 heteroatoms. The fourth-order valence-corrected chi connectivity index (χ4v) is 2.86. The molecule has 0 aliphatic rings. The van der Waals surface area contributed by atoms with E-state index in [-0.39, 0.29) is 5.91 Å². The van der Waals surface area contributed by atoms with Crippen LogP contribution in [0.3, 0.4) is 0 Å². The van der Waals surface area contributed by atoms with E-state index in [0.717, 1.165) is 21.9 Å². The van der Waals surface area contributed by atoms with Gasteiger partial charge in [-0.25, -0.2) is 0 Å². The van der Waals surface area contributed by atoms with Gasteiger partial charge in [0, 0.05) is 0 Å². The van der Waals surface area contributed by atoms with Crippen molar-refractivity contribution in [3.05, 3.63) is 83.9 Å². The maximum absolute atomic E-state index is 12.3. The summed E-state index contributed by atoms with van der Waals surface area (Å²) in [6.45, 7) is 1.90. The van der Waals surface area contributed by atoms with Crippen LogP contribution in [-0.4, -0.2) is 5.91 Å². The van der Waals surface area contributed by atoms with Crippen molar-refractivity contribution < 1.29 is 4.79 Å². The summed E-state index contributed by atoms with van der Waals surface area (Å²) in [5, 5.41) is 2.17. The van der Waals surface area contributed by atoms with Gasteiger partial charge >= 0.3 is 0 Å². The molecule has 0 saturated carbocycles. The molecular weight excluding hydrogens is 258 g/mol. The summed E-state index contributed by atoms with van der Waals surface area (Å²) in [6, 6.07) is 23.8. The molecule has 0 spiro atoms. The Morgan fingerprint density at radius 1 is 0.857 bits per heavy atom. The molecule has 0 radical (unpaired) electrons. The Kier molecular flexibility index (Phi) is 3.22. The molecular formula is C19H17NO. The van der Waals surface area contributed by atoms with Crippen LogP contribution in [0.4, 0.5) is 0 Å². The van der Waals surface area contributed by atoms with Crippen molar-refractivity contribution in [1.82, 2.24) is 0 Å². The summed E-state index contributed by atoms with van der Waals surface area (Å²) in [5.41, 5.74) is 6.80. The van der Waals surface area contributed by atoms with E-state index in [2.05, 4.69) is 0 Å². The minimum absolute atomic E-state index is 0.343. The minimum atomic E-state index is -0.845. The number of nitrogens with two attached hydrogens (primary N) is 1. The number of hydrogen-bond donors (Lipinski definition) is 1. The van der Waals surface area contributed by atoms with Gasteiger partial charge in [0.05, 0.1) is 5.41 Å². The smallest absolute Gasteiger partial charge is 0.232 e. The van der Waals surface area contributed by atoms with Crippen molar-refractivity contribution in [3.8, 4) is 0 Å². The van der Waals surface area contributed by atoms with Crippen LogP contribution in [0.25, 0.3) is 10.8 Å². The molecule has 0 aromatic heterocycles. The lowest BCUT2D eigenvalue weighted by Gasteiger charge is -2.28. The standard InChI is InChI=1S/C19H17NO/c1-19(18(20)21,15-10-3-2-4-11-15)17-13-7-9-14-8-5-6-12-16(14)17/h2-13H,1H3,(H2,20,21). The first-order valence-electron chi connectivity index (χ1n) is 6.97. The third-order valence-electron chi connectivity index (χ3n) is 4.17. The zero-order valence-corrected chi connectivity index (χ0v) is 11.9. The van der Waals surface area contributed by atoms with Crippen LogP contribution < -0.4 is 5.73 Å². The summed E-state index contributed by atoms with van der Waals surface area (Å²) in [6.07, 6.45) is 0. The van der Waals surface area contributed by atoms with Crippen LogP contribution in [0, 0.1) is 0 Å². The molecule has 0 aliphatic heterocycles. The molecule has 0 aliphatic carbocycles. The monoisotopic (exact) mass is 275 g/mol. The van der Waals surface area contributed by atoms with Crippen LogP contribution in [0.2, 0.25) is 0 Å². The number of primary amides is 1. The van der Waals surface area contributed by atoms with Gasteiger partial charge in [-0.2, -0.15) is 0 Å². The predicted molar refractivity (Wildman–Crippen MR) is 86.0 cm³/mol. The van der Waals surface area contributed by atoms with Gasteiger partial charge in [0.2, 0.25) is 5.91 Å². The third kappa shape index (κ3) is 2.09. The highest BCUT2D eigenvalue weighted by Crippen LogP contribution is 2.36. The fraction of sp³-hybridized carbons (Fsp3) is 0.105. The van der Waals surface area contributed by atoms with E-state index < -0.39 is 5.41 Å². The van der Waals surface area contributed by atoms with Gasteiger partial charge in [-0.15, -0.1) is 0 Å². The lowest BCUT2D eigenvalue weighted by Crippen LogP contribution is -2.39. The highest BCUT2D eigenvalue weighted by molar-refractivity contribution is 5.97. The Labute approximate surface area is 124 Å². The Hall–Kier alpha value is -2.61. The Balaban J connectivity index is 2.34. The minimum Gasteiger partial charge on any atom is -0.369 e. The van der Waals surface area contributed by atoms with Crippen LogP contribution in [0.5, 0.6) is 0 Å². The topological polar surface area (TPSA) is 43.1 Å². The first kappa shape index (κ1) is 13.4. The molecule has 3 aromatic carbocycles. The van der Waals surface area contributed by atoms with Crippen LogP contribution in [0.15, 0.2) is 72.8 Å². The second-order valence-corrected chi connectivity index (χ2v) is 5.38. The van der Waals surface area contributed by atoms with E-state index in [1.54, 1.807) is 0 Å². The van der Waals surface area contributed by atoms with Crippen molar-refractivity contribution in [3.63, 3.8) is 0 Å². The van der Waals surface area contributed by atoms with Gasteiger partial charge in [0.25, 0.3) is 0 Å². The van der Waals surface area contributed by atoms with Gasteiger partial charge in [0.1, 0.15) is 0 Å². The van der Waals surface area contributed by atoms with E-state index in [1.807, 2.05) is 79.7 Å². The molecule has 0 heterocycles. The maximum Gasteiger partial charge on any atom is 0.232 e. The molecule has 3 rings (SSSR count). The number of fused-ring (bicyclic) bond motifs is 1. The molecule has 1 unspecified atom stereocenters. The Morgan fingerprint density at radius 2 is 1.48 bits per heavy atom. The van der Waals surface area contributed by atoms with Gasteiger partial charge < -0.3 is 5.73 Å². The van der Waals surface area contributed by atoms with E-state index in [1.165, 1.54) is 0 Å². The molecule has 2 N–H and O–H groups in total. The number of amides is 1. The van der Waals surface area contributed by atoms with Gasteiger partial charge in [-0.05, 0) is 28.8 Å². The SMILES string of the molecule is CC(C(N)=O)(c1ccccc1)c1cccc2ccccc12. The molecule has 21 heavy (non-hydrogen) atoms. The summed E-state index contributed by atoms with van der Waals surface area (Å²) >= 11 is 0. The highest BCUT2D eigenvalue weighted by Gasteiger charge is 2.36. The molecule has 1 amide bonds. The van der Waals surface area contributed by atoms with Crippen LogP contribution >= 0.6 is 0 Å². The van der Waals surface area contributed by atoms with Crippen molar-refractivity contribution >= 4 is 16.7 Å². The van der Waals surface area contributed by atoms with Crippen molar-refractivity contribution in [2.75, 3.05) is 0 Å². The third-order valence-corrected chi connectivity index (χ3v) is 4.17. The normalized spacial score (nSPS) is 13.8. The highest BCUT2D eigenvalue weighted by atomic mass is 16.1. The van der Waals surface area contributed by atoms with Crippen molar-refractivity contribution in [2.24, 2.45) is 5.73 Å². The molecule has 2 nitrogen and oxygen atoms in total. The lowest BCUT2D eigenvalue weighted by molar-refractivity contribution is -0.121. The molecule has 104 valence electrons. The second-order valence-electron chi connectivity index (χ2n) is 5.38. The molecule has 3 aromatic rings. The summed E-state index contributed by atoms with van der Waals surface area (Å²) in [5.74, 6) is -0.343. The second kappa shape index (κ2) is 5.06. The first-order valence-corrected chi connectivity index (χ1v) is 6.97. The zero-order valence-electron chi connectivity index (χ0n) is 11.9. The predicted octanol–water partition coefficient (Wildman–Crippen LogP) is 3.63. The molecule has 0 bridgehead atoms.